The molecule has 19 heavy (non-hydrogen) atoms. The minimum Gasteiger partial charge on any atom is -0.272 e. The van der Waals surface area contributed by atoms with Crippen molar-refractivity contribution in [1.82, 2.24) is 15.2 Å². The van der Waals surface area contributed by atoms with E-state index in [0.29, 0.717) is 0 Å². The van der Waals surface area contributed by atoms with Gasteiger partial charge in [-0.1, -0.05) is 35.0 Å². The van der Waals surface area contributed by atoms with Gasteiger partial charge in [-0.2, -0.15) is 5.10 Å². The van der Waals surface area contributed by atoms with Crippen molar-refractivity contribution in [3.63, 3.8) is 0 Å². The zero-order valence-electron chi connectivity index (χ0n) is 11.2. The van der Waals surface area contributed by atoms with E-state index in [1.807, 2.05) is 17.1 Å². The van der Waals surface area contributed by atoms with Crippen LogP contribution in [0.25, 0.3) is 0 Å². The summed E-state index contributed by atoms with van der Waals surface area (Å²) in [5, 5.41) is 4.35. The van der Waals surface area contributed by atoms with Gasteiger partial charge in [0.25, 0.3) is 0 Å². The van der Waals surface area contributed by atoms with E-state index in [9.17, 15) is 0 Å². The zero-order chi connectivity index (χ0) is 13.8. The number of rotatable bonds is 5. The van der Waals surface area contributed by atoms with Gasteiger partial charge in [-0.05, 0) is 30.5 Å². The van der Waals surface area contributed by atoms with E-state index in [1.54, 1.807) is 0 Å². The van der Waals surface area contributed by atoms with Gasteiger partial charge in [0.2, 0.25) is 0 Å². The average molecular weight is 323 g/mol. The molecule has 1 heterocycles. The highest BCUT2D eigenvalue weighted by atomic mass is 79.9. The highest BCUT2D eigenvalue weighted by Crippen LogP contribution is 2.25. The second kappa shape index (κ2) is 6.32. The minimum absolute atomic E-state index is 0.0393. The number of halogens is 1. The molecule has 2 rings (SSSR count). The first-order chi connectivity index (χ1) is 9.15. The Labute approximate surface area is 122 Å². The summed E-state index contributed by atoms with van der Waals surface area (Å²) in [6.45, 7) is 5.13. The van der Waals surface area contributed by atoms with E-state index in [0.717, 1.165) is 28.6 Å². The Hall–Kier alpha value is -1.17. The lowest BCUT2D eigenvalue weighted by molar-refractivity contribution is 0.598. The lowest BCUT2D eigenvalue weighted by Gasteiger charge is -2.15. The number of hydrazine groups is 1. The van der Waals surface area contributed by atoms with Crippen molar-refractivity contribution in [3.8, 4) is 0 Å². The van der Waals surface area contributed by atoms with Gasteiger partial charge < -0.3 is 0 Å². The van der Waals surface area contributed by atoms with Crippen LogP contribution in [0, 0.1) is 6.92 Å². The fourth-order valence-electron chi connectivity index (χ4n) is 2.05. The smallest absolute Gasteiger partial charge is 0.0741 e. The average Bonchev–Trinajstić information content (AvgIpc) is 2.83. The van der Waals surface area contributed by atoms with Crippen molar-refractivity contribution in [1.29, 1.82) is 0 Å². The molecule has 0 fully saturated rings. The lowest BCUT2D eigenvalue weighted by atomic mass is 10.0. The molecule has 0 radical (unpaired) electrons. The molecule has 0 aliphatic carbocycles. The predicted octanol–water partition coefficient (Wildman–Crippen LogP) is 2.92. The van der Waals surface area contributed by atoms with Crippen LogP contribution in [-0.4, -0.2) is 9.78 Å². The van der Waals surface area contributed by atoms with Crippen LogP contribution >= 0.6 is 15.9 Å². The molecule has 2 aromatic rings. The summed E-state index contributed by atoms with van der Waals surface area (Å²) in [7, 11) is 0. The van der Waals surface area contributed by atoms with Crippen molar-refractivity contribution < 1.29 is 0 Å². The number of nitrogens with two attached hydrogens (primary N) is 1. The number of benzene rings is 1. The Morgan fingerprint density at radius 2 is 2.21 bits per heavy atom. The lowest BCUT2D eigenvalue weighted by Crippen LogP contribution is -2.28. The number of hydrogen-bond acceptors (Lipinski definition) is 3. The van der Waals surface area contributed by atoms with E-state index in [2.05, 4.69) is 58.5 Å². The van der Waals surface area contributed by atoms with Crippen molar-refractivity contribution in [2.45, 2.75) is 32.9 Å². The molecule has 0 aliphatic rings. The topological polar surface area (TPSA) is 55.9 Å². The maximum atomic E-state index is 5.71. The van der Waals surface area contributed by atoms with Crippen molar-refractivity contribution in [2.24, 2.45) is 5.84 Å². The molecule has 0 bridgehead atoms. The first-order valence-corrected chi connectivity index (χ1v) is 7.19. The van der Waals surface area contributed by atoms with Crippen LogP contribution in [-0.2, 0) is 6.54 Å². The molecular formula is C14H19BrN4. The predicted molar refractivity (Wildman–Crippen MR) is 80.6 cm³/mol. The molecule has 0 aliphatic heterocycles. The maximum Gasteiger partial charge on any atom is 0.0741 e. The third kappa shape index (κ3) is 3.23. The van der Waals surface area contributed by atoms with Crippen LogP contribution in [0.5, 0.6) is 0 Å². The van der Waals surface area contributed by atoms with E-state index in [4.69, 9.17) is 5.84 Å². The Morgan fingerprint density at radius 1 is 1.42 bits per heavy atom. The molecule has 1 unspecified atom stereocenters. The maximum absolute atomic E-state index is 5.71. The molecule has 1 aromatic heterocycles. The van der Waals surface area contributed by atoms with Crippen LogP contribution in [0.15, 0.2) is 35.1 Å². The third-order valence-corrected chi connectivity index (χ3v) is 3.99. The molecular weight excluding hydrogens is 304 g/mol. The fourth-order valence-corrected chi connectivity index (χ4v) is 2.45. The summed E-state index contributed by atoms with van der Waals surface area (Å²) in [6, 6.07) is 6.22. The second-order valence-electron chi connectivity index (χ2n) is 4.65. The van der Waals surface area contributed by atoms with Crippen LogP contribution in [0.1, 0.15) is 36.1 Å². The van der Waals surface area contributed by atoms with Gasteiger partial charge in [-0.25, -0.2) is 5.43 Å². The molecule has 5 heteroatoms. The highest BCUT2D eigenvalue weighted by Gasteiger charge is 2.15. The number of aromatic nitrogens is 2. The Kier molecular flexibility index (Phi) is 4.74. The number of nitrogens with zero attached hydrogens (tertiary/aromatic N) is 2. The Balaban J connectivity index is 2.29. The fraction of sp³-hybridized carbons (Fsp3) is 0.357. The van der Waals surface area contributed by atoms with E-state index >= 15 is 0 Å². The molecule has 0 saturated heterocycles. The Bertz CT molecular complexity index is 550. The van der Waals surface area contributed by atoms with Crippen LogP contribution in [0.4, 0.5) is 0 Å². The van der Waals surface area contributed by atoms with Gasteiger partial charge >= 0.3 is 0 Å². The van der Waals surface area contributed by atoms with Gasteiger partial charge in [-0.15, -0.1) is 0 Å². The SMILES string of the molecule is CCCn1cc(C(NN)c2ccc(C)c(Br)c2)cn1. The van der Waals surface area contributed by atoms with E-state index in [1.165, 1.54) is 5.56 Å². The molecule has 0 amide bonds. The number of hydrogen-bond donors (Lipinski definition) is 2. The molecule has 1 aromatic carbocycles. The molecule has 1 atom stereocenters. The minimum atomic E-state index is -0.0393. The summed E-state index contributed by atoms with van der Waals surface area (Å²) in [4.78, 5) is 0. The van der Waals surface area contributed by atoms with Gasteiger partial charge in [0, 0.05) is 22.8 Å². The summed E-state index contributed by atoms with van der Waals surface area (Å²) in [6.07, 6.45) is 4.98. The molecule has 4 nitrogen and oxygen atoms in total. The largest absolute Gasteiger partial charge is 0.272 e. The summed E-state index contributed by atoms with van der Waals surface area (Å²) in [5.74, 6) is 5.71. The molecule has 3 N–H and O–H groups in total. The molecule has 0 saturated carbocycles. The summed E-state index contributed by atoms with van der Waals surface area (Å²) < 4.78 is 3.04. The summed E-state index contributed by atoms with van der Waals surface area (Å²) in [5.41, 5.74) is 6.27. The van der Waals surface area contributed by atoms with Gasteiger partial charge in [0.05, 0.1) is 12.2 Å². The number of nitrogens with one attached hydrogen (secondary N) is 1. The van der Waals surface area contributed by atoms with Crippen molar-refractivity contribution in [3.05, 3.63) is 51.8 Å². The Morgan fingerprint density at radius 3 is 2.84 bits per heavy atom. The summed E-state index contributed by atoms with van der Waals surface area (Å²) >= 11 is 3.56. The quantitative estimate of drug-likeness (QED) is 0.657. The third-order valence-electron chi connectivity index (χ3n) is 3.14. The zero-order valence-corrected chi connectivity index (χ0v) is 12.8. The van der Waals surface area contributed by atoms with Gasteiger partial charge in [0.15, 0.2) is 0 Å². The van der Waals surface area contributed by atoms with Crippen LogP contribution in [0.2, 0.25) is 0 Å². The first-order valence-electron chi connectivity index (χ1n) is 6.40. The second-order valence-corrected chi connectivity index (χ2v) is 5.50. The monoisotopic (exact) mass is 322 g/mol. The van der Waals surface area contributed by atoms with Crippen molar-refractivity contribution >= 4 is 15.9 Å². The normalized spacial score (nSPS) is 12.6. The molecule has 0 spiro atoms. The van der Waals surface area contributed by atoms with Crippen LogP contribution < -0.4 is 11.3 Å². The van der Waals surface area contributed by atoms with E-state index in [-0.39, 0.29) is 6.04 Å². The standard InChI is InChI=1S/C14H19BrN4/c1-3-6-19-9-12(8-17-19)14(18-16)11-5-4-10(2)13(15)7-11/h4-5,7-9,14,18H,3,6,16H2,1-2H3. The highest BCUT2D eigenvalue weighted by molar-refractivity contribution is 9.10. The number of aryl methyl sites for hydroxylation is 2. The van der Waals surface area contributed by atoms with Crippen molar-refractivity contribution in [2.75, 3.05) is 0 Å². The van der Waals surface area contributed by atoms with Crippen LogP contribution in [0.3, 0.4) is 0 Å². The first kappa shape index (κ1) is 14.2. The molecule has 102 valence electrons. The van der Waals surface area contributed by atoms with Gasteiger partial charge in [0.1, 0.15) is 0 Å². The van der Waals surface area contributed by atoms with E-state index < -0.39 is 0 Å². The van der Waals surface area contributed by atoms with Gasteiger partial charge in [-0.3, -0.25) is 10.5 Å².